The number of amides is 1. The van der Waals surface area contributed by atoms with Crippen LogP contribution in [0.1, 0.15) is 23.5 Å². The van der Waals surface area contributed by atoms with Crippen LogP contribution in [0.4, 0.5) is 13.2 Å². The molecule has 1 aromatic rings. The van der Waals surface area contributed by atoms with Crippen LogP contribution in [0.3, 0.4) is 0 Å². The lowest BCUT2D eigenvalue weighted by Gasteiger charge is -2.38. The molecule has 0 radical (unpaired) electrons. The fraction of sp³-hybridized carbons (Fsp3) is 0.632. The number of sulfone groups is 1. The summed E-state index contributed by atoms with van der Waals surface area (Å²) in [5, 5.41) is 10.0. The Morgan fingerprint density at radius 3 is 2.17 bits per heavy atom. The number of carbonyl (C=O) groups is 1. The first-order chi connectivity index (χ1) is 13.5. The number of carbonyl (C=O) groups excluding carboxylic acids is 1. The number of aliphatic hydroxyl groups excluding tert-OH is 1. The van der Waals surface area contributed by atoms with Gasteiger partial charge in [0.05, 0.1) is 29.2 Å². The Hall–Kier alpha value is -1.65. The number of aliphatic hydroxyl groups is 1. The van der Waals surface area contributed by atoms with Crippen molar-refractivity contribution in [1.82, 2.24) is 9.80 Å². The lowest BCUT2D eigenvalue weighted by molar-refractivity contribution is -0.137. The maximum atomic E-state index is 12.7. The molecular formula is C19H23F3N2O4S. The Balaban J connectivity index is 1.31. The highest BCUT2D eigenvalue weighted by Gasteiger charge is 2.47. The quantitative estimate of drug-likeness (QED) is 0.775. The van der Waals surface area contributed by atoms with Crippen molar-refractivity contribution in [3.8, 4) is 0 Å². The van der Waals surface area contributed by atoms with Gasteiger partial charge in [0.2, 0.25) is 5.91 Å². The minimum absolute atomic E-state index is 0.00543. The van der Waals surface area contributed by atoms with E-state index in [1.807, 2.05) is 4.90 Å². The fourth-order valence-electron chi connectivity index (χ4n) is 4.42. The lowest BCUT2D eigenvalue weighted by atomic mass is 10.1. The molecule has 1 saturated carbocycles. The highest BCUT2D eigenvalue weighted by Crippen LogP contribution is 2.49. The normalized spacial score (nSPS) is 32.3. The van der Waals surface area contributed by atoms with Gasteiger partial charge in [0.1, 0.15) is 0 Å². The molecule has 2 saturated heterocycles. The number of nitrogens with zero attached hydrogens (tertiary/aromatic N) is 2. The third kappa shape index (κ3) is 4.29. The van der Waals surface area contributed by atoms with Crippen LogP contribution in [0, 0.1) is 5.92 Å². The van der Waals surface area contributed by atoms with E-state index >= 15 is 0 Å². The topological polar surface area (TPSA) is 77.9 Å². The Bertz CT molecular complexity index is 880. The molecule has 10 heteroatoms. The molecule has 1 amide bonds. The van der Waals surface area contributed by atoms with E-state index in [2.05, 4.69) is 0 Å². The molecule has 0 bridgehead atoms. The first-order valence-electron chi connectivity index (χ1n) is 9.64. The van der Waals surface area contributed by atoms with E-state index in [0.717, 1.165) is 17.7 Å². The number of benzene rings is 1. The smallest absolute Gasteiger partial charge is 0.390 e. The number of hydrogen-bond acceptors (Lipinski definition) is 5. The van der Waals surface area contributed by atoms with Crippen LogP contribution in [-0.2, 0) is 20.8 Å². The zero-order valence-corrected chi connectivity index (χ0v) is 16.5. The molecule has 6 nitrogen and oxygen atoms in total. The summed E-state index contributed by atoms with van der Waals surface area (Å²) >= 11 is 0. The maximum absolute atomic E-state index is 12.7. The van der Waals surface area contributed by atoms with Gasteiger partial charge in [0, 0.05) is 32.1 Å². The standard InChI is InChI=1S/C19H23F3N2O4S/c20-19(21,22)13-3-1-12(2-4-13)14-9-15(14)18(26)24-7-5-23(6-8-24)16-10-29(27,28)11-17(16)25/h1-4,14-17,25H,5-11H2. The van der Waals surface area contributed by atoms with E-state index < -0.39 is 33.7 Å². The second-order valence-corrected chi connectivity index (χ2v) is 10.3. The van der Waals surface area contributed by atoms with Crippen LogP contribution < -0.4 is 0 Å². The number of piperazine rings is 1. The van der Waals surface area contributed by atoms with E-state index in [0.29, 0.717) is 32.6 Å². The van der Waals surface area contributed by atoms with Crippen LogP contribution in [0.25, 0.3) is 0 Å². The largest absolute Gasteiger partial charge is 0.416 e. The predicted molar refractivity (Wildman–Crippen MR) is 98.9 cm³/mol. The molecule has 0 aromatic heterocycles. The highest BCUT2D eigenvalue weighted by atomic mass is 32.2. The van der Waals surface area contributed by atoms with Crippen molar-refractivity contribution in [3.63, 3.8) is 0 Å². The summed E-state index contributed by atoms with van der Waals surface area (Å²) in [4.78, 5) is 16.4. The molecule has 2 aliphatic heterocycles. The summed E-state index contributed by atoms with van der Waals surface area (Å²) in [5.74, 6) is -0.538. The molecule has 3 fully saturated rings. The van der Waals surface area contributed by atoms with E-state index in [1.54, 1.807) is 4.90 Å². The molecule has 1 aromatic carbocycles. The van der Waals surface area contributed by atoms with Gasteiger partial charge in [-0.2, -0.15) is 13.2 Å². The molecule has 4 rings (SSSR count). The van der Waals surface area contributed by atoms with Gasteiger partial charge in [-0.3, -0.25) is 9.69 Å². The Labute approximate surface area is 167 Å². The zero-order valence-electron chi connectivity index (χ0n) is 15.7. The Kier molecular flexibility index (Phi) is 5.15. The van der Waals surface area contributed by atoms with Gasteiger partial charge in [0.25, 0.3) is 0 Å². The van der Waals surface area contributed by atoms with Crippen molar-refractivity contribution < 1.29 is 31.5 Å². The minimum atomic E-state index is -4.37. The number of halogens is 3. The van der Waals surface area contributed by atoms with E-state index in [1.165, 1.54) is 12.1 Å². The Morgan fingerprint density at radius 1 is 1.03 bits per heavy atom. The SMILES string of the molecule is O=C(C1CC1c1ccc(C(F)(F)F)cc1)N1CCN(C2CS(=O)(=O)CC2O)CC1. The van der Waals surface area contributed by atoms with Crippen molar-refractivity contribution in [3.05, 3.63) is 35.4 Å². The fourth-order valence-corrected chi connectivity index (χ4v) is 6.26. The van der Waals surface area contributed by atoms with Crippen molar-refractivity contribution in [1.29, 1.82) is 0 Å². The average Bonchev–Trinajstić information content (AvgIpc) is 3.40. The van der Waals surface area contributed by atoms with Crippen molar-refractivity contribution >= 4 is 15.7 Å². The number of alkyl halides is 3. The van der Waals surface area contributed by atoms with Gasteiger partial charge in [-0.1, -0.05) is 12.1 Å². The van der Waals surface area contributed by atoms with Crippen LogP contribution in [0.2, 0.25) is 0 Å². The minimum Gasteiger partial charge on any atom is -0.390 e. The van der Waals surface area contributed by atoms with Crippen LogP contribution in [0.5, 0.6) is 0 Å². The molecule has 2 heterocycles. The summed E-state index contributed by atoms with van der Waals surface area (Å²) in [5.41, 5.74) is 0.0475. The van der Waals surface area contributed by atoms with E-state index in [-0.39, 0.29) is 29.2 Å². The molecule has 160 valence electrons. The van der Waals surface area contributed by atoms with Crippen LogP contribution >= 0.6 is 0 Å². The third-order valence-corrected chi connectivity index (χ3v) is 7.86. The number of rotatable bonds is 3. The molecular weight excluding hydrogens is 409 g/mol. The lowest BCUT2D eigenvalue weighted by Crippen LogP contribution is -2.55. The van der Waals surface area contributed by atoms with Gasteiger partial charge in [0.15, 0.2) is 9.84 Å². The summed E-state index contributed by atoms with van der Waals surface area (Å²) in [6.45, 7) is 1.91. The molecule has 4 unspecified atom stereocenters. The summed E-state index contributed by atoms with van der Waals surface area (Å²) in [6, 6.07) is 4.57. The van der Waals surface area contributed by atoms with E-state index in [9.17, 15) is 31.5 Å². The molecule has 1 aliphatic carbocycles. The molecule has 4 atom stereocenters. The van der Waals surface area contributed by atoms with E-state index in [4.69, 9.17) is 0 Å². The van der Waals surface area contributed by atoms with Crippen molar-refractivity contribution in [2.75, 3.05) is 37.7 Å². The molecule has 1 N–H and O–H groups in total. The second-order valence-electron chi connectivity index (χ2n) is 8.14. The van der Waals surface area contributed by atoms with Gasteiger partial charge in [-0.15, -0.1) is 0 Å². The molecule has 0 spiro atoms. The van der Waals surface area contributed by atoms with Crippen molar-refractivity contribution in [2.45, 2.75) is 30.7 Å². The predicted octanol–water partition coefficient (Wildman–Crippen LogP) is 1.11. The summed E-state index contributed by atoms with van der Waals surface area (Å²) in [7, 11) is -3.22. The monoisotopic (exact) mass is 432 g/mol. The summed E-state index contributed by atoms with van der Waals surface area (Å²) < 4.78 is 61.4. The van der Waals surface area contributed by atoms with Crippen LogP contribution in [0.15, 0.2) is 24.3 Å². The average molecular weight is 432 g/mol. The van der Waals surface area contributed by atoms with Gasteiger partial charge in [-0.05, 0) is 30.0 Å². The number of hydrogen-bond donors (Lipinski definition) is 1. The zero-order chi connectivity index (χ0) is 21.0. The Morgan fingerprint density at radius 2 is 1.66 bits per heavy atom. The highest BCUT2D eigenvalue weighted by molar-refractivity contribution is 7.91. The maximum Gasteiger partial charge on any atom is 0.416 e. The second kappa shape index (κ2) is 7.24. The molecule has 29 heavy (non-hydrogen) atoms. The van der Waals surface area contributed by atoms with Gasteiger partial charge in [-0.25, -0.2) is 8.42 Å². The first-order valence-corrected chi connectivity index (χ1v) is 11.5. The summed E-state index contributed by atoms with van der Waals surface area (Å²) in [6.07, 6.45) is -4.64. The van der Waals surface area contributed by atoms with Gasteiger partial charge < -0.3 is 10.0 Å². The van der Waals surface area contributed by atoms with Gasteiger partial charge >= 0.3 is 6.18 Å². The third-order valence-electron chi connectivity index (χ3n) is 6.16. The van der Waals surface area contributed by atoms with Crippen molar-refractivity contribution in [2.24, 2.45) is 5.92 Å². The molecule has 3 aliphatic rings. The first kappa shape index (κ1) is 20.6. The van der Waals surface area contributed by atoms with Crippen LogP contribution in [-0.4, -0.2) is 79.1 Å².